The number of carboxylic acids is 1. The van der Waals surface area contributed by atoms with Crippen molar-refractivity contribution >= 4 is 39.4 Å². The number of carbonyl (C=O) groups excluding carboxylic acids is 2. The predicted octanol–water partition coefficient (Wildman–Crippen LogP) is -4.21. The van der Waals surface area contributed by atoms with E-state index in [-0.39, 0.29) is 35.1 Å². The average Bonchev–Trinajstić information content (AvgIpc) is 2.45. The van der Waals surface area contributed by atoms with Crippen LogP contribution in [0.2, 0.25) is 0 Å². The summed E-state index contributed by atoms with van der Waals surface area (Å²) in [5, 5.41) is 9.88. The van der Waals surface area contributed by atoms with Gasteiger partial charge in [0, 0.05) is 12.7 Å². The van der Waals surface area contributed by atoms with E-state index in [2.05, 4.69) is 4.98 Å². The van der Waals surface area contributed by atoms with E-state index < -0.39 is 44.3 Å². The first kappa shape index (κ1) is 18.4. The first-order valence-electron chi connectivity index (χ1n) is 6.30. The van der Waals surface area contributed by atoms with Crippen LogP contribution in [0, 0.1) is 0 Å². The minimum atomic E-state index is -3.92. The molecule has 0 saturated carbocycles. The van der Waals surface area contributed by atoms with Crippen molar-refractivity contribution in [3.05, 3.63) is 35.7 Å². The molecule has 1 aromatic heterocycles. The molecule has 0 radical (unpaired) electrons. The molecule has 7 nitrogen and oxygen atoms in total. The number of rotatable bonds is 2. The Morgan fingerprint density at radius 2 is 2.17 bits per heavy atom. The van der Waals surface area contributed by atoms with Crippen molar-refractivity contribution in [2.45, 2.75) is 10.2 Å². The predicted molar refractivity (Wildman–Crippen MR) is 75.1 cm³/mol. The molecule has 0 spiro atoms. The van der Waals surface area contributed by atoms with Gasteiger partial charge in [-0.2, -0.15) is 0 Å². The molecule has 2 saturated heterocycles. The standard InChI is InChI=1S/C13H11ClN2O5S.Na/c14-13(12(18)19)6-16-10(17)9(11(16)22(20,21)7-13)5-8-3-1-2-4-15-8;/h1-5,11H,6-7H2,(H,18,19);/q;+1/p-1/t11-,13?;/m1./s1. The molecular weight excluding hydrogens is 355 g/mol. The summed E-state index contributed by atoms with van der Waals surface area (Å²) in [5.41, 5.74) is 0.513. The first-order valence-corrected chi connectivity index (χ1v) is 8.39. The number of hydrogen-bond donors (Lipinski definition) is 0. The zero-order valence-electron chi connectivity index (χ0n) is 12.1. The van der Waals surface area contributed by atoms with Gasteiger partial charge in [0.15, 0.2) is 15.2 Å². The van der Waals surface area contributed by atoms with Crippen LogP contribution < -0.4 is 34.7 Å². The van der Waals surface area contributed by atoms with Crippen LogP contribution in [-0.4, -0.2) is 52.7 Å². The number of fused-ring (bicyclic) bond motifs is 1. The van der Waals surface area contributed by atoms with Crippen LogP contribution in [-0.2, 0) is 19.4 Å². The maximum absolute atomic E-state index is 12.3. The van der Waals surface area contributed by atoms with Crippen LogP contribution in [0.1, 0.15) is 5.69 Å². The Kier molecular flexibility index (Phi) is 4.94. The summed E-state index contributed by atoms with van der Waals surface area (Å²) in [6, 6.07) is 5.02. The molecule has 2 fully saturated rings. The van der Waals surface area contributed by atoms with Crippen molar-refractivity contribution in [2.24, 2.45) is 0 Å². The summed E-state index contributed by atoms with van der Waals surface area (Å²) in [7, 11) is -3.92. The van der Waals surface area contributed by atoms with Gasteiger partial charge in [-0.1, -0.05) is 6.07 Å². The maximum Gasteiger partial charge on any atom is 1.00 e. The number of β-lactam (4-membered cyclic amide) rings is 1. The number of hydrogen-bond acceptors (Lipinski definition) is 6. The normalized spacial score (nSPS) is 30.1. The van der Waals surface area contributed by atoms with E-state index in [1.54, 1.807) is 18.2 Å². The first-order chi connectivity index (χ1) is 10.2. The quantitative estimate of drug-likeness (QED) is 0.228. The molecule has 0 aliphatic carbocycles. The van der Waals surface area contributed by atoms with Crippen LogP contribution in [0.25, 0.3) is 6.08 Å². The second-order valence-corrected chi connectivity index (χ2v) is 7.98. The number of carboxylic acid groups (broad SMARTS) is 1. The van der Waals surface area contributed by atoms with Gasteiger partial charge < -0.3 is 14.8 Å². The van der Waals surface area contributed by atoms with Gasteiger partial charge in [-0.05, 0) is 18.2 Å². The zero-order valence-corrected chi connectivity index (χ0v) is 15.7. The molecule has 0 aromatic carbocycles. The molecular formula is C13H10ClN2NaO5S. The van der Waals surface area contributed by atoms with Crippen molar-refractivity contribution in [3.8, 4) is 0 Å². The number of amides is 1. The van der Waals surface area contributed by atoms with Crippen molar-refractivity contribution in [1.29, 1.82) is 0 Å². The number of carbonyl (C=O) groups is 2. The summed E-state index contributed by atoms with van der Waals surface area (Å²) in [6.45, 7) is -0.404. The number of aliphatic carboxylic acids is 1. The van der Waals surface area contributed by atoms with Gasteiger partial charge in [0.2, 0.25) is 0 Å². The largest absolute Gasteiger partial charge is 1.00 e. The van der Waals surface area contributed by atoms with Crippen molar-refractivity contribution in [3.63, 3.8) is 0 Å². The van der Waals surface area contributed by atoms with E-state index in [4.69, 9.17) is 11.6 Å². The molecule has 23 heavy (non-hydrogen) atoms. The summed E-state index contributed by atoms with van der Waals surface area (Å²) in [5.74, 6) is -3.05. The Morgan fingerprint density at radius 3 is 2.74 bits per heavy atom. The summed E-state index contributed by atoms with van der Waals surface area (Å²) >= 11 is 5.79. The summed E-state index contributed by atoms with van der Waals surface area (Å²) < 4.78 is 24.6. The van der Waals surface area contributed by atoms with E-state index in [0.717, 1.165) is 4.90 Å². The third kappa shape index (κ3) is 3.06. The van der Waals surface area contributed by atoms with Gasteiger partial charge in [-0.3, -0.25) is 9.78 Å². The van der Waals surface area contributed by atoms with Gasteiger partial charge in [-0.15, -0.1) is 11.6 Å². The smallest absolute Gasteiger partial charge is 0.548 e. The van der Waals surface area contributed by atoms with E-state index in [1.807, 2.05) is 0 Å². The molecule has 1 aromatic rings. The van der Waals surface area contributed by atoms with Crippen LogP contribution in [0.5, 0.6) is 0 Å². The van der Waals surface area contributed by atoms with Gasteiger partial charge >= 0.3 is 29.6 Å². The summed E-state index contributed by atoms with van der Waals surface area (Å²) in [6.07, 6.45) is 2.91. The van der Waals surface area contributed by atoms with E-state index in [9.17, 15) is 23.1 Å². The molecule has 3 heterocycles. The molecule has 0 bridgehead atoms. The number of aromatic nitrogens is 1. The van der Waals surface area contributed by atoms with Crippen LogP contribution >= 0.6 is 11.6 Å². The third-order valence-electron chi connectivity index (χ3n) is 3.61. The molecule has 2 atom stereocenters. The Labute approximate surface area is 159 Å². The molecule has 116 valence electrons. The van der Waals surface area contributed by atoms with Gasteiger partial charge in [0.1, 0.15) is 4.87 Å². The molecule has 3 rings (SSSR count). The van der Waals surface area contributed by atoms with Gasteiger partial charge in [-0.25, -0.2) is 8.42 Å². The fourth-order valence-corrected chi connectivity index (χ4v) is 5.32. The Bertz CT molecular complexity index is 798. The molecule has 2 aliphatic heterocycles. The van der Waals surface area contributed by atoms with Crippen LogP contribution in [0.4, 0.5) is 0 Å². The fraction of sp³-hybridized carbons (Fsp3) is 0.308. The SMILES string of the molecule is O=C1C(=Cc2ccccn2)[C@@H]2N1CC(Cl)(C(=O)[O-])CS2(=O)=O.[Na+]. The number of nitrogens with zero attached hydrogens (tertiary/aromatic N) is 2. The number of pyridine rings is 1. The van der Waals surface area contributed by atoms with Crippen molar-refractivity contribution in [2.75, 3.05) is 12.3 Å². The third-order valence-corrected chi connectivity index (χ3v) is 6.25. The topological polar surface area (TPSA) is 107 Å². The molecule has 1 unspecified atom stereocenters. The fourth-order valence-electron chi connectivity index (χ4n) is 2.61. The molecule has 10 heteroatoms. The molecule has 1 amide bonds. The Hall–Kier alpha value is -0.930. The van der Waals surface area contributed by atoms with Gasteiger partial charge in [0.25, 0.3) is 5.91 Å². The number of alkyl halides is 1. The molecule has 2 aliphatic rings. The minimum Gasteiger partial charge on any atom is -0.548 e. The van der Waals surface area contributed by atoms with Gasteiger partial charge in [0.05, 0.1) is 23.0 Å². The van der Waals surface area contributed by atoms with Crippen molar-refractivity contribution in [1.82, 2.24) is 9.88 Å². The summed E-state index contributed by atoms with van der Waals surface area (Å²) in [4.78, 5) is 26.0. The minimum absolute atomic E-state index is 0. The van der Waals surface area contributed by atoms with Crippen LogP contribution in [0.3, 0.4) is 0 Å². The number of halogens is 1. The zero-order chi connectivity index (χ0) is 16.1. The van der Waals surface area contributed by atoms with Crippen molar-refractivity contribution < 1.29 is 52.7 Å². The van der Waals surface area contributed by atoms with Crippen LogP contribution in [0.15, 0.2) is 30.0 Å². The molecule has 0 N–H and O–H groups in total. The Morgan fingerprint density at radius 1 is 1.48 bits per heavy atom. The monoisotopic (exact) mass is 364 g/mol. The van der Waals surface area contributed by atoms with E-state index in [1.165, 1.54) is 12.3 Å². The maximum atomic E-state index is 12.3. The second kappa shape index (κ2) is 6.18. The number of sulfone groups is 1. The average molecular weight is 365 g/mol. The van der Waals surface area contributed by atoms with E-state index in [0.29, 0.717) is 5.69 Å². The van der Waals surface area contributed by atoms with E-state index >= 15 is 0 Å². The Balaban J connectivity index is 0.00000192. The second-order valence-electron chi connectivity index (χ2n) is 5.20.